The summed E-state index contributed by atoms with van der Waals surface area (Å²) in [4.78, 5) is 16.7. The third kappa shape index (κ3) is 3.46. The van der Waals surface area contributed by atoms with E-state index < -0.39 is 0 Å². The van der Waals surface area contributed by atoms with Gasteiger partial charge in [0, 0.05) is 23.4 Å². The Morgan fingerprint density at radius 2 is 1.89 bits per heavy atom. The molecule has 0 fully saturated rings. The second-order valence-corrected chi connectivity index (χ2v) is 6.50. The molecule has 2 aromatic carbocycles. The van der Waals surface area contributed by atoms with E-state index in [-0.39, 0.29) is 5.91 Å². The molecule has 0 bridgehead atoms. The Kier molecular flexibility index (Phi) is 4.46. The molecule has 6 nitrogen and oxygen atoms in total. The first-order valence-corrected chi connectivity index (χ1v) is 8.86. The van der Waals surface area contributed by atoms with Crippen LogP contribution in [0.3, 0.4) is 0 Å². The van der Waals surface area contributed by atoms with E-state index in [0.717, 1.165) is 39.4 Å². The molecule has 2 heterocycles. The zero-order chi connectivity index (χ0) is 18.8. The molecule has 27 heavy (non-hydrogen) atoms. The van der Waals surface area contributed by atoms with E-state index in [9.17, 15) is 4.79 Å². The van der Waals surface area contributed by atoms with E-state index in [2.05, 4.69) is 15.5 Å². The molecule has 2 aromatic heterocycles. The number of carbonyl (C=O) groups is 1. The summed E-state index contributed by atoms with van der Waals surface area (Å²) in [6.07, 6.45) is 2.81. The number of aryl methyl sites for hydroxylation is 2. The Bertz CT molecular complexity index is 1070. The number of fused-ring (bicyclic) bond motifs is 1. The van der Waals surface area contributed by atoms with Crippen molar-refractivity contribution >= 4 is 22.6 Å². The third-order valence-electron chi connectivity index (χ3n) is 4.67. The summed E-state index contributed by atoms with van der Waals surface area (Å²) < 4.78 is 7.16. The summed E-state index contributed by atoms with van der Waals surface area (Å²) in [5, 5.41) is 6.86. The van der Waals surface area contributed by atoms with E-state index in [0.29, 0.717) is 12.8 Å². The number of imidazole rings is 1. The first-order valence-electron chi connectivity index (χ1n) is 8.86. The SMILES string of the molecule is Cc1noc(C)c1CCC(=O)Nc1ccc(-n2cnc3ccccc32)cc1. The predicted molar refractivity (Wildman–Crippen MR) is 104 cm³/mol. The smallest absolute Gasteiger partial charge is 0.224 e. The van der Waals surface area contributed by atoms with Crippen LogP contribution in [0, 0.1) is 13.8 Å². The summed E-state index contributed by atoms with van der Waals surface area (Å²) in [5.74, 6) is 0.744. The van der Waals surface area contributed by atoms with E-state index in [1.54, 1.807) is 0 Å². The van der Waals surface area contributed by atoms with Gasteiger partial charge in [-0.15, -0.1) is 0 Å². The Hall–Kier alpha value is -3.41. The summed E-state index contributed by atoms with van der Waals surface area (Å²) in [6, 6.07) is 15.7. The number of rotatable bonds is 5. The van der Waals surface area contributed by atoms with Crippen molar-refractivity contribution in [2.75, 3.05) is 5.32 Å². The van der Waals surface area contributed by atoms with E-state index >= 15 is 0 Å². The van der Waals surface area contributed by atoms with Gasteiger partial charge in [0.1, 0.15) is 12.1 Å². The average molecular weight is 360 g/mol. The number of amides is 1. The van der Waals surface area contributed by atoms with Crippen LogP contribution in [0.1, 0.15) is 23.4 Å². The highest BCUT2D eigenvalue weighted by Crippen LogP contribution is 2.20. The second kappa shape index (κ2) is 7.07. The van der Waals surface area contributed by atoms with Crippen LogP contribution in [-0.4, -0.2) is 20.6 Å². The molecule has 0 saturated heterocycles. The summed E-state index contributed by atoms with van der Waals surface area (Å²) >= 11 is 0. The van der Waals surface area contributed by atoms with Crippen molar-refractivity contribution in [3.05, 3.63) is 71.9 Å². The number of hydrogen-bond donors (Lipinski definition) is 1. The molecular weight excluding hydrogens is 340 g/mol. The van der Waals surface area contributed by atoms with Gasteiger partial charge in [-0.25, -0.2) is 4.98 Å². The number of anilines is 1. The van der Waals surface area contributed by atoms with Crippen molar-refractivity contribution in [1.29, 1.82) is 0 Å². The molecule has 0 spiro atoms. The van der Waals surface area contributed by atoms with Gasteiger partial charge in [-0.1, -0.05) is 17.3 Å². The maximum Gasteiger partial charge on any atom is 0.224 e. The number of nitrogens with one attached hydrogen (secondary N) is 1. The summed E-state index contributed by atoms with van der Waals surface area (Å²) in [5.41, 5.74) is 5.62. The third-order valence-corrected chi connectivity index (χ3v) is 4.67. The largest absolute Gasteiger partial charge is 0.361 e. The van der Waals surface area contributed by atoms with Gasteiger partial charge in [0.05, 0.1) is 16.7 Å². The fourth-order valence-corrected chi connectivity index (χ4v) is 3.19. The van der Waals surface area contributed by atoms with Crippen molar-refractivity contribution in [3.63, 3.8) is 0 Å². The monoisotopic (exact) mass is 360 g/mol. The van der Waals surface area contributed by atoms with Gasteiger partial charge in [0.25, 0.3) is 0 Å². The lowest BCUT2D eigenvalue weighted by Gasteiger charge is -2.08. The highest BCUT2D eigenvalue weighted by atomic mass is 16.5. The van der Waals surface area contributed by atoms with Crippen LogP contribution in [0.2, 0.25) is 0 Å². The molecule has 4 rings (SSSR count). The van der Waals surface area contributed by atoms with E-state index in [4.69, 9.17) is 4.52 Å². The van der Waals surface area contributed by atoms with Crippen LogP contribution in [0.4, 0.5) is 5.69 Å². The zero-order valence-electron chi connectivity index (χ0n) is 15.3. The Morgan fingerprint density at radius 3 is 2.63 bits per heavy atom. The normalized spacial score (nSPS) is 11.0. The minimum atomic E-state index is -0.0316. The summed E-state index contributed by atoms with van der Waals surface area (Å²) in [7, 11) is 0. The quantitative estimate of drug-likeness (QED) is 0.579. The van der Waals surface area contributed by atoms with Gasteiger partial charge in [-0.05, 0) is 56.7 Å². The molecule has 0 atom stereocenters. The Labute approximate surface area is 156 Å². The Balaban J connectivity index is 1.42. The molecule has 4 aromatic rings. The summed E-state index contributed by atoms with van der Waals surface area (Å²) in [6.45, 7) is 3.76. The first-order chi connectivity index (χ1) is 13.1. The molecule has 0 aliphatic carbocycles. The van der Waals surface area contributed by atoms with Crippen LogP contribution < -0.4 is 5.32 Å². The molecule has 0 aliphatic rings. The minimum Gasteiger partial charge on any atom is -0.361 e. The van der Waals surface area contributed by atoms with Crippen LogP contribution in [0.25, 0.3) is 16.7 Å². The number of hydrogen-bond acceptors (Lipinski definition) is 4. The molecule has 0 radical (unpaired) electrons. The van der Waals surface area contributed by atoms with Gasteiger partial charge in [-0.3, -0.25) is 9.36 Å². The molecule has 0 saturated carbocycles. The highest BCUT2D eigenvalue weighted by Gasteiger charge is 2.11. The lowest BCUT2D eigenvalue weighted by molar-refractivity contribution is -0.116. The average Bonchev–Trinajstić information content (AvgIpc) is 3.24. The van der Waals surface area contributed by atoms with Crippen molar-refractivity contribution in [1.82, 2.24) is 14.7 Å². The Morgan fingerprint density at radius 1 is 1.11 bits per heavy atom. The van der Waals surface area contributed by atoms with E-state index in [1.807, 2.05) is 73.3 Å². The topological polar surface area (TPSA) is 73.0 Å². The van der Waals surface area contributed by atoms with Gasteiger partial charge in [-0.2, -0.15) is 0 Å². The van der Waals surface area contributed by atoms with Crippen LogP contribution in [0.5, 0.6) is 0 Å². The van der Waals surface area contributed by atoms with Crippen LogP contribution in [-0.2, 0) is 11.2 Å². The van der Waals surface area contributed by atoms with Gasteiger partial charge in [0.2, 0.25) is 5.91 Å². The molecule has 6 heteroatoms. The molecule has 136 valence electrons. The number of carbonyl (C=O) groups excluding carboxylic acids is 1. The van der Waals surface area contributed by atoms with Crippen molar-refractivity contribution in [3.8, 4) is 5.69 Å². The van der Waals surface area contributed by atoms with Crippen molar-refractivity contribution in [2.24, 2.45) is 0 Å². The van der Waals surface area contributed by atoms with Gasteiger partial charge < -0.3 is 9.84 Å². The standard InChI is InChI=1S/C21H20N4O2/c1-14-18(15(2)27-24-14)11-12-21(26)23-16-7-9-17(10-8-16)25-13-22-19-5-3-4-6-20(19)25/h3-10,13H,11-12H2,1-2H3,(H,23,26). The molecule has 0 unspecified atom stereocenters. The lowest BCUT2D eigenvalue weighted by atomic mass is 10.1. The zero-order valence-corrected chi connectivity index (χ0v) is 15.3. The molecular formula is C21H20N4O2. The van der Waals surface area contributed by atoms with Gasteiger partial charge in [0.15, 0.2) is 0 Å². The number of nitrogens with zero attached hydrogens (tertiary/aromatic N) is 3. The maximum atomic E-state index is 12.2. The molecule has 1 N–H and O–H groups in total. The highest BCUT2D eigenvalue weighted by molar-refractivity contribution is 5.91. The fraction of sp³-hybridized carbons (Fsp3) is 0.190. The van der Waals surface area contributed by atoms with Crippen molar-refractivity contribution in [2.45, 2.75) is 26.7 Å². The van der Waals surface area contributed by atoms with E-state index in [1.165, 1.54) is 0 Å². The molecule has 0 aliphatic heterocycles. The molecule has 1 amide bonds. The van der Waals surface area contributed by atoms with Gasteiger partial charge >= 0.3 is 0 Å². The first kappa shape index (κ1) is 17.0. The predicted octanol–water partition coefficient (Wildman–Crippen LogP) is 4.20. The maximum absolute atomic E-state index is 12.2. The van der Waals surface area contributed by atoms with Crippen LogP contribution >= 0.6 is 0 Å². The fourth-order valence-electron chi connectivity index (χ4n) is 3.19. The number of para-hydroxylation sites is 2. The van der Waals surface area contributed by atoms with Crippen molar-refractivity contribution < 1.29 is 9.32 Å². The minimum absolute atomic E-state index is 0.0316. The lowest BCUT2D eigenvalue weighted by Crippen LogP contribution is -2.12. The number of aromatic nitrogens is 3. The number of benzene rings is 2. The van der Waals surface area contributed by atoms with Crippen LogP contribution in [0.15, 0.2) is 59.4 Å². The second-order valence-electron chi connectivity index (χ2n) is 6.50.